The molecule has 3 heteroatoms. The summed E-state index contributed by atoms with van der Waals surface area (Å²) in [5.41, 5.74) is 0.0362. The Morgan fingerprint density at radius 3 is 2.83 bits per heavy atom. The van der Waals surface area contributed by atoms with Crippen LogP contribution in [0.3, 0.4) is 0 Å². The van der Waals surface area contributed by atoms with E-state index in [0.29, 0.717) is 6.04 Å². The number of aliphatic hydroxyl groups is 1. The molecule has 1 atom stereocenters. The molecule has 2 aliphatic rings. The molecular formula is C9H17NO2. The number of nitrogens with zero attached hydrogens (tertiary/aromatic N) is 1. The molecule has 0 aromatic carbocycles. The summed E-state index contributed by atoms with van der Waals surface area (Å²) in [6.45, 7) is 5.28. The summed E-state index contributed by atoms with van der Waals surface area (Å²) in [6.07, 6.45) is 2.34. The molecular weight excluding hydrogens is 154 g/mol. The van der Waals surface area contributed by atoms with Crippen molar-refractivity contribution in [2.75, 3.05) is 26.4 Å². The normalized spacial score (nSPS) is 38.5. The first-order valence-electron chi connectivity index (χ1n) is 4.72. The van der Waals surface area contributed by atoms with E-state index in [2.05, 4.69) is 11.8 Å². The third kappa shape index (κ3) is 1.16. The quantitative estimate of drug-likeness (QED) is 0.645. The summed E-state index contributed by atoms with van der Waals surface area (Å²) in [4.78, 5) is 2.41. The topological polar surface area (TPSA) is 32.7 Å². The standard InChI is InChI=1S/C9H17NO2/c1-9(7-11)3-2-4-10(9)8-5-12-6-8/h8,11H,2-7H2,1H3. The molecule has 0 saturated carbocycles. The van der Waals surface area contributed by atoms with Gasteiger partial charge in [-0.25, -0.2) is 0 Å². The van der Waals surface area contributed by atoms with Crippen molar-refractivity contribution < 1.29 is 9.84 Å². The monoisotopic (exact) mass is 171 g/mol. The van der Waals surface area contributed by atoms with Gasteiger partial charge in [-0.1, -0.05) is 0 Å². The molecule has 0 radical (unpaired) electrons. The van der Waals surface area contributed by atoms with Gasteiger partial charge in [-0.3, -0.25) is 4.90 Å². The van der Waals surface area contributed by atoms with E-state index in [4.69, 9.17) is 4.74 Å². The van der Waals surface area contributed by atoms with Crippen LogP contribution in [0.15, 0.2) is 0 Å². The number of hydrogen-bond acceptors (Lipinski definition) is 3. The summed E-state index contributed by atoms with van der Waals surface area (Å²) in [5.74, 6) is 0. The van der Waals surface area contributed by atoms with Gasteiger partial charge in [0.25, 0.3) is 0 Å². The number of rotatable bonds is 2. The van der Waals surface area contributed by atoms with Crippen LogP contribution in [-0.2, 0) is 4.74 Å². The Labute approximate surface area is 73.3 Å². The van der Waals surface area contributed by atoms with Crippen molar-refractivity contribution in [3.8, 4) is 0 Å². The average molecular weight is 171 g/mol. The lowest BCUT2D eigenvalue weighted by molar-refractivity contribution is -0.0956. The molecule has 0 amide bonds. The maximum absolute atomic E-state index is 9.28. The number of aliphatic hydroxyl groups excluding tert-OH is 1. The lowest BCUT2D eigenvalue weighted by atomic mass is 9.98. The first kappa shape index (κ1) is 8.48. The zero-order valence-electron chi connectivity index (χ0n) is 7.62. The van der Waals surface area contributed by atoms with Crippen molar-refractivity contribution >= 4 is 0 Å². The number of ether oxygens (including phenoxy) is 1. The van der Waals surface area contributed by atoms with Gasteiger partial charge in [0.05, 0.1) is 25.9 Å². The predicted molar refractivity (Wildman–Crippen MR) is 46.0 cm³/mol. The maximum atomic E-state index is 9.28. The fourth-order valence-corrected chi connectivity index (χ4v) is 2.24. The zero-order chi connectivity index (χ0) is 8.60. The summed E-state index contributed by atoms with van der Waals surface area (Å²) < 4.78 is 5.16. The van der Waals surface area contributed by atoms with Crippen molar-refractivity contribution in [2.24, 2.45) is 0 Å². The summed E-state index contributed by atoms with van der Waals surface area (Å²) in [7, 11) is 0. The molecule has 2 fully saturated rings. The van der Waals surface area contributed by atoms with Crippen molar-refractivity contribution in [1.82, 2.24) is 4.90 Å². The minimum Gasteiger partial charge on any atom is -0.394 e. The van der Waals surface area contributed by atoms with E-state index >= 15 is 0 Å². The average Bonchev–Trinajstić information content (AvgIpc) is 2.31. The van der Waals surface area contributed by atoms with Crippen molar-refractivity contribution in [1.29, 1.82) is 0 Å². The van der Waals surface area contributed by atoms with Crippen LogP contribution in [0.2, 0.25) is 0 Å². The summed E-state index contributed by atoms with van der Waals surface area (Å²) in [6, 6.07) is 0.574. The Balaban J connectivity index is 2.02. The highest BCUT2D eigenvalue weighted by Gasteiger charge is 2.42. The summed E-state index contributed by atoms with van der Waals surface area (Å²) in [5, 5.41) is 9.28. The molecule has 2 saturated heterocycles. The second-order valence-electron chi connectivity index (χ2n) is 4.14. The van der Waals surface area contributed by atoms with E-state index in [-0.39, 0.29) is 12.1 Å². The van der Waals surface area contributed by atoms with Crippen LogP contribution >= 0.6 is 0 Å². The van der Waals surface area contributed by atoms with E-state index in [9.17, 15) is 5.11 Å². The number of hydrogen-bond donors (Lipinski definition) is 1. The Hall–Kier alpha value is -0.120. The lowest BCUT2D eigenvalue weighted by Crippen LogP contribution is -2.57. The predicted octanol–water partition coefficient (Wildman–Crippen LogP) is 0.232. The van der Waals surface area contributed by atoms with E-state index in [1.807, 2.05) is 0 Å². The SMILES string of the molecule is CC1(CO)CCCN1C1COC1. The smallest absolute Gasteiger partial charge is 0.0645 e. The Kier molecular flexibility index (Phi) is 2.10. The van der Waals surface area contributed by atoms with E-state index in [1.54, 1.807) is 0 Å². The molecule has 0 bridgehead atoms. The fourth-order valence-electron chi connectivity index (χ4n) is 2.24. The zero-order valence-corrected chi connectivity index (χ0v) is 7.62. The Morgan fingerprint density at radius 1 is 1.58 bits per heavy atom. The highest BCUT2D eigenvalue weighted by molar-refractivity contribution is 4.96. The molecule has 0 aromatic rings. The highest BCUT2D eigenvalue weighted by atomic mass is 16.5. The molecule has 70 valence electrons. The van der Waals surface area contributed by atoms with Crippen LogP contribution in [0.1, 0.15) is 19.8 Å². The van der Waals surface area contributed by atoms with Crippen LogP contribution in [0.5, 0.6) is 0 Å². The first-order valence-corrected chi connectivity index (χ1v) is 4.72. The Morgan fingerprint density at radius 2 is 2.33 bits per heavy atom. The van der Waals surface area contributed by atoms with Crippen LogP contribution in [0.4, 0.5) is 0 Å². The largest absolute Gasteiger partial charge is 0.394 e. The molecule has 1 unspecified atom stereocenters. The highest BCUT2D eigenvalue weighted by Crippen LogP contribution is 2.32. The van der Waals surface area contributed by atoms with Gasteiger partial charge in [-0.15, -0.1) is 0 Å². The molecule has 12 heavy (non-hydrogen) atoms. The van der Waals surface area contributed by atoms with Crippen molar-refractivity contribution in [2.45, 2.75) is 31.3 Å². The van der Waals surface area contributed by atoms with Gasteiger partial charge in [-0.05, 0) is 26.3 Å². The van der Waals surface area contributed by atoms with Gasteiger partial charge in [0, 0.05) is 5.54 Å². The van der Waals surface area contributed by atoms with Gasteiger partial charge in [0.2, 0.25) is 0 Å². The van der Waals surface area contributed by atoms with Crippen molar-refractivity contribution in [3.05, 3.63) is 0 Å². The van der Waals surface area contributed by atoms with E-state index < -0.39 is 0 Å². The van der Waals surface area contributed by atoms with Crippen LogP contribution in [0.25, 0.3) is 0 Å². The van der Waals surface area contributed by atoms with Gasteiger partial charge >= 0.3 is 0 Å². The van der Waals surface area contributed by atoms with Crippen LogP contribution in [0, 0.1) is 0 Å². The second-order valence-corrected chi connectivity index (χ2v) is 4.14. The molecule has 2 aliphatic heterocycles. The van der Waals surface area contributed by atoms with Crippen LogP contribution < -0.4 is 0 Å². The Bertz CT molecular complexity index is 170. The van der Waals surface area contributed by atoms with E-state index in [0.717, 1.165) is 26.2 Å². The number of likely N-dealkylation sites (tertiary alicyclic amines) is 1. The van der Waals surface area contributed by atoms with Crippen molar-refractivity contribution in [3.63, 3.8) is 0 Å². The summed E-state index contributed by atoms with van der Waals surface area (Å²) >= 11 is 0. The van der Waals surface area contributed by atoms with Gasteiger partial charge < -0.3 is 9.84 Å². The molecule has 3 nitrogen and oxygen atoms in total. The molecule has 0 aliphatic carbocycles. The molecule has 0 spiro atoms. The maximum Gasteiger partial charge on any atom is 0.0645 e. The minimum atomic E-state index is 0.0362. The first-order chi connectivity index (χ1) is 5.76. The molecule has 2 rings (SSSR count). The molecule has 1 N–H and O–H groups in total. The van der Waals surface area contributed by atoms with Gasteiger partial charge in [0.1, 0.15) is 0 Å². The third-order valence-corrected chi connectivity index (χ3v) is 3.21. The van der Waals surface area contributed by atoms with Gasteiger partial charge in [0.15, 0.2) is 0 Å². The molecule has 2 heterocycles. The van der Waals surface area contributed by atoms with Gasteiger partial charge in [-0.2, -0.15) is 0 Å². The second kappa shape index (κ2) is 2.98. The van der Waals surface area contributed by atoms with Crippen LogP contribution in [-0.4, -0.2) is 48.0 Å². The lowest BCUT2D eigenvalue weighted by Gasteiger charge is -2.43. The molecule has 0 aromatic heterocycles. The third-order valence-electron chi connectivity index (χ3n) is 3.21. The fraction of sp³-hybridized carbons (Fsp3) is 1.00. The van der Waals surface area contributed by atoms with E-state index in [1.165, 1.54) is 6.42 Å². The minimum absolute atomic E-state index is 0.0362.